The lowest BCUT2D eigenvalue weighted by Crippen LogP contribution is -2.44. The first kappa shape index (κ1) is 29.8. The van der Waals surface area contributed by atoms with Gasteiger partial charge in [-0.05, 0) is 72.8 Å². The highest BCUT2D eigenvalue weighted by atomic mass is 35.5. The van der Waals surface area contributed by atoms with E-state index in [9.17, 15) is 9.18 Å². The van der Waals surface area contributed by atoms with Gasteiger partial charge in [0.05, 0.1) is 24.0 Å². The SMILES string of the molecule is CC(C)(C)[Si](C)(C)O[C@@H]1CCN([C@H](c2cnc(CC(=O)C3(c4ccc5c(c4)OCO5)CC3)s2)c2ccc(F)cc2Cl)C1. The molecule has 6 nitrogen and oxygen atoms in total. The Morgan fingerprint density at radius 3 is 2.69 bits per heavy atom. The third kappa shape index (κ3) is 5.66. The van der Waals surface area contributed by atoms with Crippen molar-refractivity contribution in [3.05, 3.63) is 74.4 Å². The number of hydrogen-bond acceptors (Lipinski definition) is 7. The van der Waals surface area contributed by atoms with Crippen molar-refractivity contribution in [2.45, 2.75) is 82.1 Å². The Hall–Kier alpha value is -2.30. The van der Waals surface area contributed by atoms with Gasteiger partial charge in [-0.25, -0.2) is 9.37 Å². The van der Waals surface area contributed by atoms with Crippen molar-refractivity contribution < 1.29 is 23.1 Å². The summed E-state index contributed by atoms with van der Waals surface area (Å²) < 4.78 is 31.8. The molecule has 2 aromatic carbocycles. The molecule has 42 heavy (non-hydrogen) atoms. The van der Waals surface area contributed by atoms with Crippen LogP contribution in [0.4, 0.5) is 4.39 Å². The minimum absolute atomic E-state index is 0.123. The van der Waals surface area contributed by atoms with Crippen LogP contribution in [0, 0.1) is 5.82 Å². The molecule has 224 valence electrons. The number of halogens is 2. The highest BCUT2D eigenvalue weighted by Crippen LogP contribution is 2.52. The molecule has 6 rings (SSSR count). The molecular formula is C32H38ClFN2O4SSi. The van der Waals surface area contributed by atoms with E-state index in [4.69, 9.17) is 30.5 Å². The van der Waals surface area contributed by atoms with Gasteiger partial charge < -0.3 is 13.9 Å². The van der Waals surface area contributed by atoms with E-state index in [1.165, 1.54) is 23.5 Å². The van der Waals surface area contributed by atoms with Crippen LogP contribution in [0.1, 0.15) is 67.1 Å². The number of likely N-dealkylation sites (tertiary alicyclic amines) is 1. The summed E-state index contributed by atoms with van der Waals surface area (Å²) in [6, 6.07) is 10.2. The predicted molar refractivity (Wildman–Crippen MR) is 166 cm³/mol. The molecule has 3 aromatic rings. The van der Waals surface area contributed by atoms with E-state index in [1.54, 1.807) is 6.07 Å². The van der Waals surface area contributed by atoms with Crippen molar-refractivity contribution in [1.29, 1.82) is 0 Å². The van der Waals surface area contributed by atoms with Gasteiger partial charge in [-0.2, -0.15) is 0 Å². The number of thiazole rings is 1. The van der Waals surface area contributed by atoms with E-state index in [2.05, 4.69) is 38.8 Å². The molecule has 1 saturated carbocycles. The van der Waals surface area contributed by atoms with Crippen LogP contribution in [-0.4, -0.2) is 50.0 Å². The van der Waals surface area contributed by atoms with E-state index in [0.717, 1.165) is 59.1 Å². The van der Waals surface area contributed by atoms with Crippen LogP contribution in [0.15, 0.2) is 42.6 Å². The van der Waals surface area contributed by atoms with Crippen LogP contribution in [0.5, 0.6) is 11.5 Å². The van der Waals surface area contributed by atoms with Crippen LogP contribution in [0.3, 0.4) is 0 Å². The van der Waals surface area contributed by atoms with Gasteiger partial charge in [0.1, 0.15) is 16.6 Å². The van der Waals surface area contributed by atoms with Crippen molar-refractivity contribution >= 4 is 37.0 Å². The second-order valence-electron chi connectivity index (χ2n) is 13.3. The zero-order valence-electron chi connectivity index (χ0n) is 24.8. The Labute approximate surface area is 257 Å². The molecule has 10 heteroatoms. The Bertz CT molecular complexity index is 1500. The van der Waals surface area contributed by atoms with Crippen LogP contribution in [-0.2, 0) is 21.1 Å². The van der Waals surface area contributed by atoms with Crippen molar-refractivity contribution in [3.8, 4) is 11.5 Å². The number of benzene rings is 2. The molecule has 0 bridgehead atoms. The molecule has 0 radical (unpaired) electrons. The zero-order chi connectivity index (χ0) is 29.9. The highest BCUT2D eigenvalue weighted by Gasteiger charge is 2.51. The maximum atomic E-state index is 14.1. The zero-order valence-corrected chi connectivity index (χ0v) is 27.4. The van der Waals surface area contributed by atoms with Crippen LogP contribution >= 0.6 is 22.9 Å². The minimum atomic E-state index is -1.94. The number of nitrogens with zero attached hydrogens (tertiary/aromatic N) is 2. The number of carbonyl (C=O) groups is 1. The summed E-state index contributed by atoms with van der Waals surface area (Å²) in [4.78, 5) is 21.7. The van der Waals surface area contributed by atoms with Gasteiger partial charge in [0.25, 0.3) is 0 Å². The summed E-state index contributed by atoms with van der Waals surface area (Å²) in [6.07, 6.45) is 4.81. The molecule has 2 aliphatic heterocycles. The molecule has 2 fully saturated rings. The lowest BCUT2D eigenvalue weighted by molar-refractivity contribution is -0.120. The second kappa shape index (κ2) is 11.0. The van der Waals surface area contributed by atoms with Crippen molar-refractivity contribution in [2.24, 2.45) is 0 Å². The third-order valence-corrected chi connectivity index (χ3v) is 15.3. The number of rotatable bonds is 9. The number of hydrogen-bond donors (Lipinski definition) is 0. The Balaban J connectivity index is 1.23. The fourth-order valence-corrected chi connectivity index (χ4v) is 8.54. The number of fused-ring (bicyclic) bond motifs is 1. The van der Waals surface area contributed by atoms with Gasteiger partial charge in [0, 0.05) is 29.2 Å². The van der Waals surface area contributed by atoms with E-state index in [0.29, 0.717) is 10.8 Å². The lowest BCUT2D eigenvalue weighted by atomic mass is 9.89. The molecule has 2 atom stereocenters. The lowest BCUT2D eigenvalue weighted by Gasteiger charge is -2.38. The molecule has 3 heterocycles. The molecule has 0 spiro atoms. The Morgan fingerprint density at radius 1 is 1.21 bits per heavy atom. The van der Waals surface area contributed by atoms with E-state index >= 15 is 0 Å². The first-order chi connectivity index (χ1) is 19.9. The Morgan fingerprint density at radius 2 is 1.98 bits per heavy atom. The monoisotopic (exact) mass is 628 g/mol. The topological polar surface area (TPSA) is 60.9 Å². The van der Waals surface area contributed by atoms with Crippen molar-refractivity contribution in [1.82, 2.24) is 9.88 Å². The predicted octanol–water partition coefficient (Wildman–Crippen LogP) is 7.69. The van der Waals surface area contributed by atoms with Gasteiger partial charge in [0.15, 0.2) is 19.8 Å². The Kier molecular flexibility index (Phi) is 7.79. The fourth-order valence-electron chi connectivity index (χ4n) is 5.82. The summed E-state index contributed by atoms with van der Waals surface area (Å²) >= 11 is 8.18. The quantitative estimate of drug-likeness (QED) is 0.226. The summed E-state index contributed by atoms with van der Waals surface area (Å²) in [5, 5.41) is 1.29. The standard InChI is InChI=1S/C32H38ClFN2O4SSi/c1-31(2,3)42(4,5)40-22-10-13-36(18-22)30(23-8-7-21(34)15-24(23)33)27-17-35-29(41-27)16-28(37)32(11-12-32)20-6-9-25-26(14-20)39-19-38-25/h6-9,14-15,17,22,30H,10-13,16,18-19H2,1-5H3/t22-,30+/m1/s1. The number of carbonyl (C=O) groups excluding carboxylic acids is 1. The summed E-state index contributed by atoms with van der Waals surface area (Å²) in [7, 11) is -1.94. The minimum Gasteiger partial charge on any atom is -0.454 e. The molecule has 0 N–H and O–H groups in total. The number of ether oxygens (including phenoxy) is 2. The molecule has 3 aliphatic rings. The average molecular weight is 629 g/mol. The van der Waals surface area contributed by atoms with E-state index in [-0.39, 0.29) is 42.0 Å². The summed E-state index contributed by atoms with van der Waals surface area (Å²) in [6.45, 7) is 13.1. The van der Waals surface area contributed by atoms with Gasteiger partial charge >= 0.3 is 0 Å². The van der Waals surface area contributed by atoms with Gasteiger partial charge in [0.2, 0.25) is 6.79 Å². The summed E-state index contributed by atoms with van der Waals surface area (Å²) in [5.74, 6) is 1.22. The van der Waals surface area contributed by atoms with Gasteiger partial charge in [-0.3, -0.25) is 9.69 Å². The van der Waals surface area contributed by atoms with Crippen molar-refractivity contribution in [3.63, 3.8) is 0 Å². The van der Waals surface area contributed by atoms with Crippen LogP contribution in [0.25, 0.3) is 0 Å². The first-order valence-corrected chi connectivity index (χ1v) is 18.7. The van der Waals surface area contributed by atoms with Crippen LogP contribution in [0.2, 0.25) is 23.2 Å². The van der Waals surface area contributed by atoms with E-state index < -0.39 is 13.7 Å². The third-order valence-electron chi connectivity index (χ3n) is 9.43. The maximum absolute atomic E-state index is 14.1. The largest absolute Gasteiger partial charge is 0.454 e. The van der Waals surface area contributed by atoms with Crippen LogP contribution < -0.4 is 9.47 Å². The first-order valence-electron chi connectivity index (χ1n) is 14.6. The van der Waals surface area contributed by atoms with Gasteiger partial charge in [-0.15, -0.1) is 11.3 Å². The summed E-state index contributed by atoms with van der Waals surface area (Å²) in [5.41, 5.74) is 1.33. The number of ketones is 1. The van der Waals surface area contributed by atoms with E-state index in [1.807, 2.05) is 24.4 Å². The maximum Gasteiger partial charge on any atom is 0.231 e. The molecule has 0 unspecified atom stereocenters. The molecule has 0 amide bonds. The fraction of sp³-hybridized carbons (Fsp3) is 0.500. The smallest absolute Gasteiger partial charge is 0.231 e. The average Bonchev–Trinajstić information content (AvgIpc) is 3.22. The number of aromatic nitrogens is 1. The molecule has 1 aromatic heterocycles. The normalized spacial score (nSPS) is 20.6. The second-order valence-corrected chi connectivity index (χ2v) is 19.6. The highest BCUT2D eigenvalue weighted by molar-refractivity contribution is 7.11. The van der Waals surface area contributed by atoms with Gasteiger partial charge in [-0.1, -0.05) is 44.5 Å². The number of Topliss-reactive ketones (excluding diaryl/α,β-unsaturated/α-hetero) is 1. The van der Waals surface area contributed by atoms with Crippen molar-refractivity contribution in [2.75, 3.05) is 19.9 Å². The molecule has 1 saturated heterocycles. The molecule has 1 aliphatic carbocycles. The molecular weight excluding hydrogens is 591 g/mol.